The molecule has 0 saturated heterocycles. The molecule has 5 nitrogen and oxygen atoms in total. The van der Waals surface area contributed by atoms with Crippen LogP contribution in [0.3, 0.4) is 0 Å². The number of carbonyl (C=O) groups excluding carboxylic acids is 1. The van der Waals surface area contributed by atoms with Gasteiger partial charge >= 0.3 is 0 Å². The average Bonchev–Trinajstić information content (AvgIpc) is 2.24. The number of nitrogens with zero attached hydrogens (tertiary/aromatic N) is 1. The van der Waals surface area contributed by atoms with Gasteiger partial charge < -0.3 is 5.32 Å². The lowest BCUT2D eigenvalue weighted by Gasteiger charge is -2.19. The summed E-state index contributed by atoms with van der Waals surface area (Å²) in [4.78, 5) is 11.6. The molecule has 0 radical (unpaired) electrons. The van der Waals surface area contributed by atoms with Crippen molar-refractivity contribution in [3.8, 4) is 0 Å². The number of hydrogen-bond acceptors (Lipinski definition) is 3. The molecule has 0 aromatic heterocycles. The van der Waals surface area contributed by atoms with Crippen LogP contribution in [0.5, 0.6) is 0 Å². The van der Waals surface area contributed by atoms with E-state index in [9.17, 15) is 13.2 Å². The lowest BCUT2D eigenvalue weighted by Crippen LogP contribution is -2.41. The van der Waals surface area contributed by atoms with E-state index >= 15 is 0 Å². The Morgan fingerprint density at radius 3 is 2.33 bits per heavy atom. The molecule has 18 heavy (non-hydrogen) atoms. The zero-order chi connectivity index (χ0) is 14.2. The second-order valence-corrected chi connectivity index (χ2v) is 6.98. The van der Waals surface area contributed by atoms with E-state index < -0.39 is 10.0 Å². The van der Waals surface area contributed by atoms with E-state index in [1.54, 1.807) is 0 Å². The molecule has 0 aliphatic carbocycles. The molecule has 0 heterocycles. The van der Waals surface area contributed by atoms with Crippen molar-refractivity contribution >= 4 is 15.9 Å². The normalized spacial score (nSPS) is 12.1. The Bertz CT molecular complexity index is 339. The van der Waals surface area contributed by atoms with Crippen LogP contribution in [0.2, 0.25) is 0 Å². The molecule has 1 N–H and O–H groups in total. The third-order valence-corrected chi connectivity index (χ3v) is 3.76. The van der Waals surface area contributed by atoms with Crippen molar-refractivity contribution in [2.45, 2.75) is 40.0 Å². The van der Waals surface area contributed by atoms with Gasteiger partial charge in [0.15, 0.2) is 0 Å². The summed E-state index contributed by atoms with van der Waals surface area (Å²) in [5.41, 5.74) is 0. The Labute approximate surface area is 111 Å². The average molecular weight is 278 g/mol. The Kier molecular flexibility index (Phi) is 8.18. The highest BCUT2D eigenvalue weighted by molar-refractivity contribution is 7.88. The Balaban J connectivity index is 4.28. The SMILES string of the molecule is CCCCCN(CC(=O)NCC(C)C)S(C)(=O)=O. The smallest absolute Gasteiger partial charge is 0.235 e. The first-order valence-corrected chi connectivity index (χ1v) is 8.34. The number of amides is 1. The maximum Gasteiger partial charge on any atom is 0.235 e. The summed E-state index contributed by atoms with van der Waals surface area (Å²) < 4.78 is 24.3. The van der Waals surface area contributed by atoms with Gasteiger partial charge in [-0.25, -0.2) is 8.42 Å². The zero-order valence-corrected chi connectivity index (χ0v) is 12.7. The first-order chi connectivity index (χ1) is 8.27. The predicted octanol–water partition coefficient (Wildman–Crippen LogP) is 1.21. The summed E-state index contributed by atoms with van der Waals surface area (Å²) in [5.74, 6) is 0.131. The van der Waals surface area contributed by atoms with Crippen LogP contribution in [0.15, 0.2) is 0 Å². The van der Waals surface area contributed by atoms with Crippen molar-refractivity contribution in [2.75, 3.05) is 25.9 Å². The Morgan fingerprint density at radius 2 is 1.89 bits per heavy atom. The monoisotopic (exact) mass is 278 g/mol. The molecule has 0 spiro atoms. The van der Waals surface area contributed by atoms with Crippen molar-refractivity contribution in [1.29, 1.82) is 0 Å². The third-order valence-electron chi connectivity index (χ3n) is 2.51. The topological polar surface area (TPSA) is 66.5 Å². The van der Waals surface area contributed by atoms with E-state index in [2.05, 4.69) is 12.2 Å². The molecule has 0 saturated carbocycles. The number of unbranched alkanes of at least 4 members (excludes halogenated alkanes) is 2. The van der Waals surface area contributed by atoms with Crippen molar-refractivity contribution in [1.82, 2.24) is 9.62 Å². The summed E-state index contributed by atoms with van der Waals surface area (Å²) in [6.07, 6.45) is 3.94. The minimum atomic E-state index is -3.31. The molecule has 1 amide bonds. The van der Waals surface area contributed by atoms with Crippen LogP contribution in [0, 0.1) is 5.92 Å². The number of nitrogens with one attached hydrogen (secondary N) is 1. The summed E-state index contributed by atoms with van der Waals surface area (Å²) in [5, 5.41) is 2.73. The highest BCUT2D eigenvalue weighted by Crippen LogP contribution is 2.03. The second kappa shape index (κ2) is 8.48. The fourth-order valence-electron chi connectivity index (χ4n) is 1.43. The standard InChI is InChI=1S/C12H26N2O3S/c1-5-6-7-8-14(18(4,16)17)10-12(15)13-9-11(2)3/h11H,5-10H2,1-4H3,(H,13,15). The zero-order valence-electron chi connectivity index (χ0n) is 11.9. The molecule has 0 fully saturated rings. The van der Waals surface area contributed by atoms with Gasteiger partial charge in [-0.2, -0.15) is 4.31 Å². The van der Waals surface area contributed by atoms with Crippen LogP contribution in [0.25, 0.3) is 0 Å². The fourth-order valence-corrected chi connectivity index (χ4v) is 2.25. The van der Waals surface area contributed by atoms with Crippen LogP contribution in [-0.2, 0) is 14.8 Å². The summed E-state index contributed by atoms with van der Waals surface area (Å²) >= 11 is 0. The molecule has 0 unspecified atom stereocenters. The van der Waals surface area contributed by atoms with Crippen LogP contribution < -0.4 is 5.32 Å². The lowest BCUT2D eigenvalue weighted by molar-refractivity contribution is -0.121. The minimum Gasteiger partial charge on any atom is -0.355 e. The van der Waals surface area contributed by atoms with Crippen LogP contribution in [0.1, 0.15) is 40.0 Å². The molecule has 0 aliphatic heterocycles. The van der Waals surface area contributed by atoms with Crippen molar-refractivity contribution in [3.05, 3.63) is 0 Å². The van der Waals surface area contributed by atoms with Gasteiger partial charge in [-0.3, -0.25) is 4.79 Å². The summed E-state index contributed by atoms with van der Waals surface area (Å²) in [7, 11) is -3.31. The van der Waals surface area contributed by atoms with Gasteiger partial charge in [-0.1, -0.05) is 33.6 Å². The van der Waals surface area contributed by atoms with E-state index in [4.69, 9.17) is 0 Å². The number of hydrogen-bond donors (Lipinski definition) is 1. The molecular formula is C12H26N2O3S. The van der Waals surface area contributed by atoms with Crippen molar-refractivity contribution in [2.24, 2.45) is 5.92 Å². The first kappa shape index (κ1) is 17.4. The predicted molar refractivity (Wildman–Crippen MR) is 73.8 cm³/mol. The van der Waals surface area contributed by atoms with Gasteiger partial charge in [-0.05, 0) is 12.3 Å². The number of carbonyl (C=O) groups is 1. The van der Waals surface area contributed by atoms with Gasteiger partial charge in [0.2, 0.25) is 15.9 Å². The highest BCUT2D eigenvalue weighted by Gasteiger charge is 2.19. The number of rotatable bonds is 9. The maximum atomic E-state index is 11.6. The quantitative estimate of drug-likeness (QED) is 0.645. The maximum absolute atomic E-state index is 11.6. The van der Waals surface area contributed by atoms with Crippen LogP contribution in [0.4, 0.5) is 0 Å². The van der Waals surface area contributed by atoms with E-state index in [0.717, 1.165) is 25.5 Å². The summed E-state index contributed by atoms with van der Waals surface area (Å²) in [6, 6.07) is 0. The van der Waals surface area contributed by atoms with Crippen molar-refractivity contribution in [3.63, 3.8) is 0 Å². The van der Waals surface area contributed by atoms with Gasteiger partial charge in [0.05, 0.1) is 12.8 Å². The first-order valence-electron chi connectivity index (χ1n) is 6.49. The molecule has 6 heteroatoms. The Morgan fingerprint density at radius 1 is 1.28 bits per heavy atom. The molecule has 0 aromatic rings. The second-order valence-electron chi connectivity index (χ2n) is 5.00. The highest BCUT2D eigenvalue weighted by atomic mass is 32.2. The molecule has 0 bridgehead atoms. The van der Waals surface area contributed by atoms with Crippen LogP contribution in [-0.4, -0.2) is 44.5 Å². The summed E-state index contributed by atoms with van der Waals surface area (Å²) in [6.45, 7) is 6.97. The lowest BCUT2D eigenvalue weighted by atomic mass is 10.2. The molecule has 108 valence electrons. The van der Waals surface area contributed by atoms with E-state index in [-0.39, 0.29) is 12.5 Å². The largest absolute Gasteiger partial charge is 0.355 e. The molecule has 0 rings (SSSR count). The molecular weight excluding hydrogens is 252 g/mol. The molecule has 0 aliphatic rings. The van der Waals surface area contributed by atoms with E-state index in [1.165, 1.54) is 4.31 Å². The van der Waals surface area contributed by atoms with Gasteiger partial charge in [0.1, 0.15) is 0 Å². The van der Waals surface area contributed by atoms with Gasteiger partial charge in [0.25, 0.3) is 0 Å². The Hall–Kier alpha value is -0.620. The van der Waals surface area contributed by atoms with Crippen LogP contribution >= 0.6 is 0 Å². The van der Waals surface area contributed by atoms with Gasteiger partial charge in [-0.15, -0.1) is 0 Å². The van der Waals surface area contributed by atoms with Crippen molar-refractivity contribution < 1.29 is 13.2 Å². The number of sulfonamides is 1. The fraction of sp³-hybridized carbons (Fsp3) is 0.917. The van der Waals surface area contributed by atoms with Gasteiger partial charge in [0, 0.05) is 13.1 Å². The van der Waals surface area contributed by atoms with E-state index in [0.29, 0.717) is 19.0 Å². The van der Waals surface area contributed by atoms with E-state index in [1.807, 2.05) is 13.8 Å². The molecule has 0 aromatic carbocycles. The minimum absolute atomic E-state index is 0.0741. The third kappa shape index (κ3) is 8.47. The molecule has 0 atom stereocenters.